The van der Waals surface area contributed by atoms with E-state index in [1.807, 2.05) is 31.2 Å². The highest BCUT2D eigenvalue weighted by Gasteiger charge is 2.06. The first-order chi connectivity index (χ1) is 13.0. The predicted molar refractivity (Wildman–Crippen MR) is 109 cm³/mol. The van der Waals surface area contributed by atoms with Crippen LogP contribution >= 0.6 is 11.6 Å². The molecule has 1 amide bonds. The number of amides is 1. The minimum atomic E-state index is -0.232. The van der Waals surface area contributed by atoms with Crippen molar-refractivity contribution >= 4 is 46.1 Å². The van der Waals surface area contributed by atoms with Crippen LogP contribution in [0, 0.1) is 6.92 Å². The largest absolute Gasteiger partial charge is 0.395 e. The quantitative estimate of drug-likeness (QED) is 0.566. The molecule has 0 radical (unpaired) electrons. The fraction of sp³-hybridized carbons (Fsp3) is 0.150. The zero-order chi connectivity index (χ0) is 19.2. The van der Waals surface area contributed by atoms with Gasteiger partial charge in [0, 0.05) is 28.7 Å². The maximum atomic E-state index is 12.2. The Bertz CT molecular complexity index is 987. The molecule has 0 aliphatic rings. The highest BCUT2D eigenvalue weighted by molar-refractivity contribution is 6.30. The second-order valence-corrected chi connectivity index (χ2v) is 6.33. The number of hydrogen-bond donors (Lipinski definition) is 3. The summed E-state index contributed by atoms with van der Waals surface area (Å²) in [4.78, 5) is 20.9. The Morgan fingerprint density at radius 3 is 2.70 bits per heavy atom. The van der Waals surface area contributed by atoms with Crippen molar-refractivity contribution in [3.8, 4) is 0 Å². The minimum Gasteiger partial charge on any atom is -0.395 e. The SMILES string of the molecule is Cc1nc(NCCO)nc2ccc(NC(=O)/C=C/c3ccc(Cl)cc3)cc12. The number of aromatic nitrogens is 2. The van der Waals surface area contributed by atoms with E-state index in [9.17, 15) is 4.79 Å². The Morgan fingerprint density at radius 2 is 1.96 bits per heavy atom. The zero-order valence-electron chi connectivity index (χ0n) is 14.7. The lowest BCUT2D eigenvalue weighted by Crippen LogP contribution is -2.10. The van der Waals surface area contributed by atoms with Crippen molar-refractivity contribution in [2.24, 2.45) is 0 Å². The molecule has 1 heterocycles. The van der Waals surface area contributed by atoms with Crippen molar-refractivity contribution < 1.29 is 9.90 Å². The number of fused-ring (bicyclic) bond motifs is 1. The van der Waals surface area contributed by atoms with Gasteiger partial charge in [0.05, 0.1) is 17.8 Å². The van der Waals surface area contributed by atoms with E-state index < -0.39 is 0 Å². The van der Waals surface area contributed by atoms with Crippen LogP contribution in [0.4, 0.5) is 11.6 Å². The standard InChI is InChI=1S/C20H19ClN4O2/c1-13-17-12-16(7-8-18(17)25-20(23-13)22-10-11-26)24-19(27)9-4-14-2-5-15(21)6-3-14/h2-9,12,26H,10-11H2,1H3,(H,24,27)(H,22,23,25)/b9-4+. The first kappa shape index (κ1) is 18.8. The highest BCUT2D eigenvalue weighted by atomic mass is 35.5. The van der Waals surface area contributed by atoms with Gasteiger partial charge in [0.25, 0.3) is 0 Å². The Morgan fingerprint density at radius 1 is 1.19 bits per heavy atom. The number of anilines is 2. The molecule has 0 aliphatic carbocycles. The van der Waals surface area contributed by atoms with Crippen molar-refractivity contribution in [2.45, 2.75) is 6.92 Å². The van der Waals surface area contributed by atoms with Crippen LogP contribution < -0.4 is 10.6 Å². The molecule has 2 aromatic carbocycles. The highest BCUT2D eigenvalue weighted by Crippen LogP contribution is 2.21. The van der Waals surface area contributed by atoms with E-state index in [4.69, 9.17) is 16.7 Å². The van der Waals surface area contributed by atoms with Gasteiger partial charge in [-0.2, -0.15) is 0 Å². The van der Waals surface area contributed by atoms with E-state index in [1.54, 1.807) is 24.3 Å². The van der Waals surface area contributed by atoms with Gasteiger partial charge in [-0.3, -0.25) is 4.79 Å². The topological polar surface area (TPSA) is 87.1 Å². The molecule has 0 bridgehead atoms. The first-order valence-corrected chi connectivity index (χ1v) is 8.81. The fourth-order valence-electron chi connectivity index (χ4n) is 2.54. The van der Waals surface area contributed by atoms with Crippen molar-refractivity contribution in [1.29, 1.82) is 0 Å². The molecule has 0 aliphatic heterocycles. The van der Waals surface area contributed by atoms with Gasteiger partial charge in [0.2, 0.25) is 11.9 Å². The number of nitrogens with zero attached hydrogens (tertiary/aromatic N) is 2. The third-order valence-corrected chi connectivity index (χ3v) is 4.10. The summed E-state index contributed by atoms with van der Waals surface area (Å²) < 4.78 is 0. The van der Waals surface area contributed by atoms with Gasteiger partial charge in [-0.05, 0) is 48.9 Å². The third kappa shape index (κ3) is 5.03. The Kier molecular flexibility index (Phi) is 6.01. The summed E-state index contributed by atoms with van der Waals surface area (Å²) in [5, 5.41) is 16.2. The van der Waals surface area contributed by atoms with E-state index in [0.29, 0.717) is 23.2 Å². The number of nitrogens with one attached hydrogen (secondary N) is 2. The Labute approximate surface area is 161 Å². The van der Waals surface area contributed by atoms with E-state index in [2.05, 4.69) is 20.6 Å². The molecular weight excluding hydrogens is 364 g/mol. The normalized spacial score (nSPS) is 11.1. The molecule has 0 saturated heterocycles. The molecule has 3 rings (SSSR count). The molecule has 0 spiro atoms. The summed E-state index contributed by atoms with van der Waals surface area (Å²) in [5.41, 5.74) is 3.10. The van der Waals surface area contributed by atoms with Crippen molar-refractivity contribution in [3.63, 3.8) is 0 Å². The van der Waals surface area contributed by atoms with Crippen LogP contribution in [-0.2, 0) is 4.79 Å². The monoisotopic (exact) mass is 382 g/mol. The molecule has 3 aromatic rings. The average molecular weight is 383 g/mol. The van der Waals surface area contributed by atoms with E-state index in [-0.39, 0.29) is 12.5 Å². The summed E-state index contributed by atoms with van der Waals surface area (Å²) in [6.45, 7) is 2.27. The number of hydrogen-bond acceptors (Lipinski definition) is 5. The molecule has 27 heavy (non-hydrogen) atoms. The summed E-state index contributed by atoms with van der Waals surface area (Å²) in [6, 6.07) is 12.7. The van der Waals surface area contributed by atoms with E-state index in [0.717, 1.165) is 22.2 Å². The lowest BCUT2D eigenvalue weighted by atomic mass is 10.1. The van der Waals surface area contributed by atoms with Gasteiger partial charge in [-0.15, -0.1) is 0 Å². The lowest BCUT2D eigenvalue weighted by Gasteiger charge is -2.09. The molecule has 0 fully saturated rings. The number of aliphatic hydroxyl groups is 1. The molecular formula is C20H19ClN4O2. The van der Waals surface area contributed by atoms with Crippen LogP contribution in [0.1, 0.15) is 11.3 Å². The third-order valence-electron chi connectivity index (χ3n) is 3.85. The molecule has 6 nitrogen and oxygen atoms in total. The second-order valence-electron chi connectivity index (χ2n) is 5.89. The van der Waals surface area contributed by atoms with Gasteiger partial charge in [-0.25, -0.2) is 9.97 Å². The number of carbonyl (C=O) groups excluding carboxylic acids is 1. The van der Waals surface area contributed by atoms with Crippen LogP contribution in [-0.4, -0.2) is 34.1 Å². The first-order valence-electron chi connectivity index (χ1n) is 8.43. The van der Waals surface area contributed by atoms with Crippen LogP contribution in [0.15, 0.2) is 48.5 Å². The maximum absolute atomic E-state index is 12.2. The molecule has 0 atom stereocenters. The number of carbonyl (C=O) groups is 1. The zero-order valence-corrected chi connectivity index (χ0v) is 15.5. The van der Waals surface area contributed by atoms with E-state index in [1.165, 1.54) is 6.08 Å². The Balaban J connectivity index is 1.73. The fourth-order valence-corrected chi connectivity index (χ4v) is 2.66. The second kappa shape index (κ2) is 8.62. The summed E-state index contributed by atoms with van der Waals surface area (Å²) in [7, 11) is 0. The van der Waals surface area contributed by atoms with Crippen molar-refractivity contribution in [3.05, 3.63) is 64.8 Å². The molecule has 0 saturated carbocycles. The number of rotatable bonds is 6. The average Bonchev–Trinajstić information content (AvgIpc) is 2.66. The van der Waals surface area contributed by atoms with Gasteiger partial charge in [0.1, 0.15) is 0 Å². The van der Waals surface area contributed by atoms with Crippen molar-refractivity contribution in [1.82, 2.24) is 9.97 Å². The van der Waals surface area contributed by atoms with Crippen molar-refractivity contribution in [2.75, 3.05) is 23.8 Å². The number of halogens is 1. The lowest BCUT2D eigenvalue weighted by molar-refractivity contribution is -0.111. The Hall–Kier alpha value is -2.96. The minimum absolute atomic E-state index is 0.00888. The van der Waals surface area contributed by atoms with Crippen LogP contribution in [0.3, 0.4) is 0 Å². The van der Waals surface area contributed by atoms with Gasteiger partial charge >= 0.3 is 0 Å². The number of aryl methyl sites for hydroxylation is 1. The molecule has 1 aromatic heterocycles. The molecule has 3 N–H and O–H groups in total. The van der Waals surface area contributed by atoms with E-state index >= 15 is 0 Å². The molecule has 138 valence electrons. The summed E-state index contributed by atoms with van der Waals surface area (Å²) >= 11 is 5.85. The summed E-state index contributed by atoms with van der Waals surface area (Å²) in [5.74, 6) is 0.237. The van der Waals surface area contributed by atoms with Gasteiger partial charge < -0.3 is 15.7 Å². The summed E-state index contributed by atoms with van der Waals surface area (Å²) in [6.07, 6.45) is 3.19. The maximum Gasteiger partial charge on any atom is 0.248 e. The predicted octanol–water partition coefficient (Wildman–Crippen LogP) is 3.65. The molecule has 0 unspecified atom stereocenters. The van der Waals surface area contributed by atoms with Gasteiger partial charge in [0.15, 0.2) is 0 Å². The number of aliphatic hydroxyl groups excluding tert-OH is 1. The van der Waals surface area contributed by atoms with Gasteiger partial charge in [-0.1, -0.05) is 23.7 Å². The molecule has 7 heteroatoms. The van der Waals surface area contributed by atoms with Crippen LogP contribution in [0.25, 0.3) is 17.0 Å². The smallest absolute Gasteiger partial charge is 0.248 e. The number of benzene rings is 2. The van der Waals surface area contributed by atoms with Crippen LogP contribution in [0.2, 0.25) is 5.02 Å². The van der Waals surface area contributed by atoms with Crippen LogP contribution in [0.5, 0.6) is 0 Å².